The van der Waals surface area contributed by atoms with Crippen LogP contribution in [0.3, 0.4) is 0 Å². The number of benzene rings is 2. The van der Waals surface area contributed by atoms with Crippen molar-refractivity contribution in [2.24, 2.45) is 0 Å². The van der Waals surface area contributed by atoms with Crippen LogP contribution in [-0.4, -0.2) is 30.5 Å². The van der Waals surface area contributed by atoms with Gasteiger partial charge in [-0.25, -0.2) is 13.2 Å². The zero-order valence-corrected chi connectivity index (χ0v) is 14.8. The molecular formula is C20H19F5N2O. The summed E-state index contributed by atoms with van der Waals surface area (Å²) in [7, 11) is 0. The first kappa shape index (κ1) is 20.1. The Morgan fingerprint density at radius 2 is 1.89 bits per heavy atom. The highest BCUT2D eigenvalue weighted by molar-refractivity contribution is 5.83. The Kier molecular flexibility index (Phi) is 6.18. The second-order valence-electron chi connectivity index (χ2n) is 6.40. The Balaban J connectivity index is 1.51. The number of hydrogen-bond donors (Lipinski definition) is 2. The quantitative estimate of drug-likeness (QED) is 0.397. The van der Waals surface area contributed by atoms with Crippen molar-refractivity contribution < 1.29 is 26.7 Å². The molecule has 0 amide bonds. The first-order valence-corrected chi connectivity index (χ1v) is 8.70. The lowest BCUT2D eigenvalue weighted by atomic mass is 10.1. The van der Waals surface area contributed by atoms with Crippen molar-refractivity contribution in [3.05, 3.63) is 65.6 Å². The van der Waals surface area contributed by atoms with Gasteiger partial charge in [0.1, 0.15) is 11.6 Å². The third kappa shape index (κ3) is 4.81. The van der Waals surface area contributed by atoms with E-state index in [-0.39, 0.29) is 11.6 Å². The Hall–Kier alpha value is -2.61. The number of rotatable bonds is 9. The van der Waals surface area contributed by atoms with Gasteiger partial charge in [-0.05, 0) is 48.4 Å². The van der Waals surface area contributed by atoms with E-state index in [0.29, 0.717) is 24.9 Å². The lowest BCUT2D eigenvalue weighted by Crippen LogP contribution is -2.33. The van der Waals surface area contributed by atoms with Gasteiger partial charge in [0.2, 0.25) is 0 Å². The largest absolute Gasteiger partial charge is 0.487 e. The van der Waals surface area contributed by atoms with E-state index in [1.165, 1.54) is 18.2 Å². The van der Waals surface area contributed by atoms with Crippen LogP contribution >= 0.6 is 0 Å². The van der Waals surface area contributed by atoms with Crippen LogP contribution in [0, 0.1) is 5.82 Å². The molecule has 3 aromatic rings. The molecule has 28 heavy (non-hydrogen) atoms. The van der Waals surface area contributed by atoms with Gasteiger partial charge in [0.15, 0.2) is 6.61 Å². The summed E-state index contributed by atoms with van der Waals surface area (Å²) in [5.41, 5.74) is 2.34. The molecule has 0 saturated carbocycles. The smallest absolute Gasteiger partial charge is 0.340 e. The van der Waals surface area contributed by atoms with Gasteiger partial charge in [-0.3, -0.25) is 0 Å². The Morgan fingerprint density at radius 3 is 2.68 bits per heavy atom. The number of aromatic nitrogens is 1. The van der Waals surface area contributed by atoms with Crippen molar-refractivity contribution in [3.63, 3.8) is 0 Å². The Bertz CT molecular complexity index is 926. The monoisotopic (exact) mass is 398 g/mol. The number of fused-ring (bicyclic) bond motifs is 1. The molecular weight excluding hydrogens is 379 g/mol. The van der Waals surface area contributed by atoms with Crippen LogP contribution < -0.4 is 10.1 Å². The molecule has 8 heteroatoms. The zero-order chi connectivity index (χ0) is 20.1. The highest BCUT2D eigenvalue weighted by atomic mass is 19.3. The van der Waals surface area contributed by atoms with E-state index in [0.717, 1.165) is 16.6 Å². The standard InChI is InChI=1S/C20H19F5N2O/c21-16-5-2-6-17-18(16)14(11-27-17)7-8-26-10-13-3-1-4-15(9-13)28-12-20(24,25)19(22)23/h1-6,9,11,19,26-27H,7-8,10,12H2. The summed E-state index contributed by atoms with van der Waals surface area (Å²) in [6.45, 7) is -0.392. The minimum absolute atomic E-state index is 0.0957. The van der Waals surface area contributed by atoms with Gasteiger partial charge in [-0.1, -0.05) is 18.2 Å². The van der Waals surface area contributed by atoms with Crippen LogP contribution in [0.4, 0.5) is 22.0 Å². The van der Waals surface area contributed by atoms with Crippen molar-refractivity contribution in [1.29, 1.82) is 0 Å². The highest BCUT2D eigenvalue weighted by Gasteiger charge is 2.41. The van der Waals surface area contributed by atoms with E-state index in [1.807, 2.05) is 0 Å². The van der Waals surface area contributed by atoms with E-state index < -0.39 is 19.0 Å². The van der Waals surface area contributed by atoms with Crippen LogP contribution in [0.1, 0.15) is 11.1 Å². The fraction of sp³-hybridized carbons (Fsp3) is 0.300. The summed E-state index contributed by atoms with van der Waals surface area (Å²) in [6.07, 6.45) is -1.41. The van der Waals surface area contributed by atoms with Crippen LogP contribution in [-0.2, 0) is 13.0 Å². The number of alkyl halides is 4. The molecule has 1 aromatic heterocycles. The van der Waals surface area contributed by atoms with Crippen molar-refractivity contribution in [1.82, 2.24) is 10.3 Å². The second kappa shape index (κ2) is 8.60. The maximum absolute atomic E-state index is 14.0. The van der Waals surface area contributed by atoms with E-state index in [4.69, 9.17) is 4.74 Å². The first-order chi connectivity index (χ1) is 13.4. The predicted octanol–water partition coefficient (Wildman–Crippen LogP) is 4.92. The fourth-order valence-electron chi connectivity index (χ4n) is 2.85. The lowest BCUT2D eigenvalue weighted by Gasteiger charge is -2.16. The number of H-pyrrole nitrogens is 1. The molecule has 0 spiro atoms. The minimum atomic E-state index is -4.19. The number of halogens is 5. The van der Waals surface area contributed by atoms with Gasteiger partial charge < -0.3 is 15.0 Å². The molecule has 0 fully saturated rings. The predicted molar refractivity (Wildman–Crippen MR) is 96.6 cm³/mol. The summed E-state index contributed by atoms with van der Waals surface area (Å²) >= 11 is 0. The average Bonchev–Trinajstić information content (AvgIpc) is 3.08. The van der Waals surface area contributed by atoms with E-state index in [1.54, 1.807) is 30.5 Å². The molecule has 3 nitrogen and oxygen atoms in total. The maximum atomic E-state index is 14.0. The number of aromatic amines is 1. The molecule has 0 aliphatic heterocycles. The average molecular weight is 398 g/mol. The van der Waals surface area contributed by atoms with Gasteiger partial charge in [-0.2, -0.15) is 8.78 Å². The number of hydrogen-bond acceptors (Lipinski definition) is 2. The Morgan fingerprint density at radius 1 is 1.11 bits per heavy atom. The van der Waals surface area contributed by atoms with Crippen LogP contribution in [0.25, 0.3) is 10.9 Å². The first-order valence-electron chi connectivity index (χ1n) is 8.70. The molecule has 0 aliphatic rings. The maximum Gasteiger partial charge on any atom is 0.340 e. The summed E-state index contributed by atoms with van der Waals surface area (Å²) < 4.78 is 69.0. The van der Waals surface area contributed by atoms with Gasteiger partial charge in [0, 0.05) is 23.6 Å². The van der Waals surface area contributed by atoms with Crippen molar-refractivity contribution >= 4 is 10.9 Å². The van der Waals surface area contributed by atoms with Crippen LogP contribution in [0.5, 0.6) is 5.75 Å². The molecule has 3 rings (SSSR count). The topological polar surface area (TPSA) is 37.0 Å². The number of ether oxygens (including phenoxy) is 1. The molecule has 0 atom stereocenters. The van der Waals surface area contributed by atoms with Gasteiger partial charge in [0.05, 0.1) is 0 Å². The van der Waals surface area contributed by atoms with E-state index in [2.05, 4.69) is 10.3 Å². The fourth-order valence-corrected chi connectivity index (χ4v) is 2.85. The third-order valence-electron chi connectivity index (χ3n) is 4.29. The second-order valence-corrected chi connectivity index (χ2v) is 6.40. The number of nitrogens with one attached hydrogen (secondary N) is 2. The van der Waals surface area contributed by atoms with Gasteiger partial charge >= 0.3 is 12.3 Å². The summed E-state index contributed by atoms with van der Waals surface area (Å²) in [6, 6.07) is 11.2. The van der Waals surface area contributed by atoms with Crippen LogP contribution in [0.15, 0.2) is 48.7 Å². The molecule has 150 valence electrons. The van der Waals surface area contributed by atoms with Gasteiger partial charge in [0.25, 0.3) is 0 Å². The molecule has 0 bridgehead atoms. The molecule has 1 heterocycles. The SMILES string of the molecule is Fc1cccc2[nH]cc(CCNCc3cccc(OCC(F)(F)C(F)F)c3)c12. The lowest BCUT2D eigenvalue weighted by molar-refractivity contribution is -0.148. The normalized spacial score (nSPS) is 12.1. The molecule has 0 unspecified atom stereocenters. The van der Waals surface area contributed by atoms with Crippen molar-refractivity contribution in [2.75, 3.05) is 13.2 Å². The third-order valence-corrected chi connectivity index (χ3v) is 4.29. The molecule has 0 aliphatic carbocycles. The summed E-state index contributed by atoms with van der Waals surface area (Å²) in [5.74, 6) is -4.37. The molecule has 0 radical (unpaired) electrons. The van der Waals surface area contributed by atoms with E-state index in [9.17, 15) is 22.0 Å². The Labute approximate surface area is 158 Å². The molecule has 0 saturated heterocycles. The zero-order valence-electron chi connectivity index (χ0n) is 14.8. The van der Waals surface area contributed by atoms with Gasteiger partial charge in [-0.15, -0.1) is 0 Å². The van der Waals surface area contributed by atoms with Crippen molar-refractivity contribution in [2.45, 2.75) is 25.3 Å². The van der Waals surface area contributed by atoms with E-state index >= 15 is 0 Å². The molecule has 2 aromatic carbocycles. The summed E-state index contributed by atoms with van der Waals surface area (Å²) in [4.78, 5) is 3.03. The highest BCUT2D eigenvalue weighted by Crippen LogP contribution is 2.25. The van der Waals surface area contributed by atoms with Crippen LogP contribution in [0.2, 0.25) is 0 Å². The van der Waals surface area contributed by atoms with Crippen molar-refractivity contribution in [3.8, 4) is 5.75 Å². The molecule has 2 N–H and O–H groups in total. The minimum Gasteiger partial charge on any atom is -0.487 e. The summed E-state index contributed by atoms with van der Waals surface area (Å²) in [5, 5.41) is 3.75.